The zero-order valence-electron chi connectivity index (χ0n) is 15.2. The molecule has 4 heteroatoms. The molecule has 5 rings (SSSR count). The topological polar surface area (TPSA) is 45.4 Å². The van der Waals surface area contributed by atoms with Gasteiger partial charge in [0.15, 0.2) is 0 Å². The first-order chi connectivity index (χ1) is 13.7. The number of para-hydroxylation sites is 1. The quantitative estimate of drug-likeness (QED) is 0.474. The summed E-state index contributed by atoms with van der Waals surface area (Å²) >= 11 is 0. The van der Waals surface area contributed by atoms with E-state index in [9.17, 15) is 10.0 Å². The second-order valence-electron chi connectivity index (χ2n) is 6.89. The lowest BCUT2D eigenvalue weighted by atomic mass is 9.79. The van der Waals surface area contributed by atoms with Gasteiger partial charge in [-0.15, -0.1) is 0 Å². The molecule has 1 aromatic heterocycles. The van der Waals surface area contributed by atoms with Crippen molar-refractivity contribution in [2.75, 3.05) is 0 Å². The van der Waals surface area contributed by atoms with Gasteiger partial charge in [0.05, 0.1) is 11.0 Å². The van der Waals surface area contributed by atoms with Crippen molar-refractivity contribution < 1.29 is 10.0 Å². The molecule has 0 saturated heterocycles. The Morgan fingerprint density at radius 1 is 0.643 bits per heavy atom. The maximum absolute atomic E-state index is 9.71. The summed E-state index contributed by atoms with van der Waals surface area (Å²) in [6.07, 6.45) is 0. The van der Waals surface area contributed by atoms with Crippen LogP contribution in [0.3, 0.4) is 0 Å². The maximum Gasteiger partial charge on any atom is 0.488 e. The highest BCUT2D eigenvalue weighted by Crippen LogP contribution is 2.37. The fourth-order valence-electron chi connectivity index (χ4n) is 3.96. The van der Waals surface area contributed by atoms with E-state index in [0.29, 0.717) is 5.46 Å². The molecule has 0 saturated carbocycles. The van der Waals surface area contributed by atoms with E-state index in [-0.39, 0.29) is 0 Å². The molecular weight excluding hydrogens is 345 g/mol. The molecule has 0 fully saturated rings. The van der Waals surface area contributed by atoms with Crippen LogP contribution in [0.2, 0.25) is 0 Å². The van der Waals surface area contributed by atoms with Crippen LogP contribution in [0.15, 0.2) is 97.1 Å². The Bertz CT molecular complexity index is 1280. The molecule has 0 aliphatic rings. The van der Waals surface area contributed by atoms with E-state index in [0.717, 1.165) is 38.6 Å². The van der Waals surface area contributed by atoms with Gasteiger partial charge in [-0.25, -0.2) is 0 Å². The standard InChI is InChI=1S/C24H18BNO2/c27-25(28)18-14-15-22-21(16-18)24-20(17-8-3-1-4-9-17)12-7-13-23(24)26(22)19-10-5-2-6-11-19/h1-16,27-28H. The number of aromatic nitrogens is 1. The molecule has 0 radical (unpaired) electrons. The third-order valence-corrected chi connectivity index (χ3v) is 5.21. The molecule has 134 valence electrons. The van der Waals surface area contributed by atoms with E-state index in [1.165, 1.54) is 0 Å². The lowest BCUT2D eigenvalue weighted by Crippen LogP contribution is -2.29. The Morgan fingerprint density at radius 3 is 2.07 bits per heavy atom. The lowest BCUT2D eigenvalue weighted by molar-refractivity contribution is 0.426. The van der Waals surface area contributed by atoms with Crippen molar-refractivity contribution in [3.8, 4) is 16.8 Å². The van der Waals surface area contributed by atoms with Gasteiger partial charge in [-0.05, 0) is 40.9 Å². The first-order valence-electron chi connectivity index (χ1n) is 9.28. The molecule has 0 amide bonds. The van der Waals surface area contributed by atoms with E-state index in [2.05, 4.69) is 47.0 Å². The largest absolute Gasteiger partial charge is 0.488 e. The number of hydrogen-bond donors (Lipinski definition) is 2. The molecule has 0 unspecified atom stereocenters. The van der Waals surface area contributed by atoms with Crippen molar-refractivity contribution in [2.24, 2.45) is 0 Å². The average Bonchev–Trinajstić information content (AvgIpc) is 3.08. The van der Waals surface area contributed by atoms with Crippen LogP contribution in [0, 0.1) is 0 Å². The van der Waals surface area contributed by atoms with Crippen LogP contribution in [0.5, 0.6) is 0 Å². The first-order valence-corrected chi connectivity index (χ1v) is 9.28. The Balaban J connectivity index is 1.95. The highest BCUT2D eigenvalue weighted by molar-refractivity contribution is 6.59. The van der Waals surface area contributed by atoms with Gasteiger partial charge in [0.1, 0.15) is 0 Å². The van der Waals surface area contributed by atoms with Crippen molar-refractivity contribution in [1.29, 1.82) is 0 Å². The SMILES string of the molecule is OB(O)c1ccc2c(c1)c1c(-c3ccccc3)cccc1n2-c1ccccc1. The number of fused-ring (bicyclic) bond motifs is 3. The average molecular weight is 363 g/mol. The van der Waals surface area contributed by atoms with E-state index >= 15 is 0 Å². The van der Waals surface area contributed by atoms with Crippen molar-refractivity contribution in [3.05, 3.63) is 97.1 Å². The highest BCUT2D eigenvalue weighted by atomic mass is 16.4. The molecule has 5 aromatic rings. The van der Waals surface area contributed by atoms with Crippen LogP contribution in [0.1, 0.15) is 0 Å². The molecule has 0 atom stereocenters. The van der Waals surface area contributed by atoms with Crippen molar-refractivity contribution in [1.82, 2.24) is 4.57 Å². The van der Waals surface area contributed by atoms with Crippen LogP contribution in [0.25, 0.3) is 38.6 Å². The molecule has 28 heavy (non-hydrogen) atoms. The molecule has 0 bridgehead atoms. The number of hydrogen-bond acceptors (Lipinski definition) is 2. The Morgan fingerprint density at radius 2 is 1.36 bits per heavy atom. The van der Waals surface area contributed by atoms with Crippen molar-refractivity contribution in [2.45, 2.75) is 0 Å². The third kappa shape index (κ3) is 2.62. The van der Waals surface area contributed by atoms with Gasteiger partial charge in [-0.2, -0.15) is 0 Å². The zero-order valence-corrected chi connectivity index (χ0v) is 15.2. The van der Waals surface area contributed by atoms with Crippen LogP contribution in [-0.4, -0.2) is 21.7 Å². The third-order valence-electron chi connectivity index (χ3n) is 5.21. The van der Waals surface area contributed by atoms with E-state index in [1.54, 1.807) is 6.07 Å². The molecule has 3 nitrogen and oxygen atoms in total. The molecule has 1 heterocycles. The summed E-state index contributed by atoms with van der Waals surface area (Å²) in [5.41, 5.74) is 5.95. The Hall–Kier alpha value is -3.34. The second kappa shape index (κ2) is 6.68. The summed E-state index contributed by atoms with van der Waals surface area (Å²) < 4.78 is 2.23. The predicted molar refractivity (Wildman–Crippen MR) is 116 cm³/mol. The van der Waals surface area contributed by atoms with Crippen LogP contribution in [-0.2, 0) is 0 Å². The fraction of sp³-hybridized carbons (Fsp3) is 0. The smallest absolute Gasteiger partial charge is 0.423 e. The molecule has 0 spiro atoms. The summed E-state index contributed by atoms with van der Waals surface area (Å²) in [5.74, 6) is 0. The minimum absolute atomic E-state index is 0.488. The van der Waals surface area contributed by atoms with Gasteiger partial charge < -0.3 is 14.6 Å². The number of nitrogens with zero attached hydrogens (tertiary/aromatic N) is 1. The van der Waals surface area contributed by atoms with E-state index in [1.807, 2.05) is 48.5 Å². The number of rotatable bonds is 3. The molecule has 0 aliphatic heterocycles. The van der Waals surface area contributed by atoms with E-state index < -0.39 is 7.12 Å². The normalized spacial score (nSPS) is 11.2. The van der Waals surface area contributed by atoms with Gasteiger partial charge >= 0.3 is 7.12 Å². The van der Waals surface area contributed by atoms with Gasteiger partial charge in [-0.1, -0.05) is 72.8 Å². The molecule has 4 aromatic carbocycles. The Labute approximate surface area is 163 Å². The highest BCUT2D eigenvalue weighted by Gasteiger charge is 2.19. The molecular formula is C24H18BNO2. The van der Waals surface area contributed by atoms with E-state index in [4.69, 9.17) is 0 Å². The summed E-state index contributed by atoms with van der Waals surface area (Å²) in [5, 5.41) is 21.5. The van der Waals surface area contributed by atoms with Gasteiger partial charge in [-0.3, -0.25) is 0 Å². The molecule has 2 N–H and O–H groups in total. The van der Waals surface area contributed by atoms with Crippen LogP contribution < -0.4 is 5.46 Å². The summed E-state index contributed by atoms with van der Waals surface area (Å²) in [4.78, 5) is 0. The van der Waals surface area contributed by atoms with Gasteiger partial charge in [0, 0.05) is 16.5 Å². The van der Waals surface area contributed by atoms with Crippen molar-refractivity contribution >= 4 is 34.4 Å². The minimum Gasteiger partial charge on any atom is -0.423 e. The van der Waals surface area contributed by atoms with Crippen molar-refractivity contribution in [3.63, 3.8) is 0 Å². The number of benzene rings is 4. The van der Waals surface area contributed by atoms with Crippen LogP contribution in [0.4, 0.5) is 0 Å². The monoisotopic (exact) mass is 363 g/mol. The maximum atomic E-state index is 9.71. The first kappa shape index (κ1) is 16.8. The Kier molecular flexibility index (Phi) is 4.01. The summed E-state index contributed by atoms with van der Waals surface area (Å²) in [7, 11) is -1.50. The molecule has 0 aliphatic carbocycles. The summed E-state index contributed by atoms with van der Waals surface area (Å²) in [6, 6.07) is 32.4. The summed E-state index contributed by atoms with van der Waals surface area (Å²) in [6.45, 7) is 0. The fourth-order valence-corrected chi connectivity index (χ4v) is 3.96. The lowest BCUT2D eigenvalue weighted by Gasteiger charge is -2.08. The second-order valence-corrected chi connectivity index (χ2v) is 6.89. The van der Waals surface area contributed by atoms with Gasteiger partial charge in [0.2, 0.25) is 0 Å². The predicted octanol–water partition coefficient (Wildman–Crippen LogP) is 4.13. The zero-order chi connectivity index (χ0) is 19.1. The van der Waals surface area contributed by atoms with Crippen LogP contribution >= 0.6 is 0 Å². The van der Waals surface area contributed by atoms with Gasteiger partial charge in [0.25, 0.3) is 0 Å². The minimum atomic E-state index is -1.50.